The van der Waals surface area contributed by atoms with Gasteiger partial charge in [-0.1, -0.05) is 37.3 Å². The highest BCUT2D eigenvalue weighted by molar-refractivity contribution is 7.99. The number of allylic oxidation sites excluding steroid dienone is 2. The average molecular weight is 307 g/mol. The van der Waals surface area contributed by atoms with Gasteiger partial charge in [-0.15, -0.1) is 10.2 Å². The Morgan fingerprint density at radius 3 is 3.00 bits per heavy atom. The van der Waals surface area contributed by atoms with Crippen LogP contribution in [0.25, 0.3) is 0 Å². The SMILES string of the molecule is CC(C)=CC1C(C(=O)OC2CCSc3nncn32)C1(C)C. The molecule has 114 valence electrons. The first-order valence-corrected chi connectivity index (χ1v) is 8.27. The molecule has 0 aromatic carbocycles. The predicted molar refractivity (Wildman–Crippen MR) is 80.7 cm³/mol. The van der Waals surface area contributed by atoms with Crippen LogP contribution in [0.5, 0.6) is 0 Å². The fourth-order valence-corrected chi connectivity index (χ4v) is 3.96. The molecule has 0 radical (unpaired) electrons. The van der Waals surface area contributed by atoms with Crippen LogP contribution >= 0.6 is 11.8 Å². The summed E-state index contributed by atoms with van der Waals surface area (Å²) >= 11 is 1.65. The minimum atomic E-state index is -0.257. The van der Waals surface area contributed by atoms with Gasteiger partial charge in [0, 0.05) is 12.2 Å². The highest BCUT2D eigenvalue weighted by Crippen LogP contribution is 2.60. The van der Waals surface area contributed by atoms with Gasteiger partial charge in [-0.05, 0) is 25.2 Å². The van der Waals surface area contributed by atoms with Crippen LogP contribution in [-0.2, 0) is 9.53 Å². The van der Waals surface area contributed by atoms with Gasteiger partial charge in [0.2, 0.25) is 0 Å². The maximum absolute atomic E-state index is 12.5. The third kappa shape index (κ3) is 2.61. The van der Waals surface area contributed by atoms with Crippen molar-refractivity contribution in [3.8, 4) is 0 Å². The molecular formula is C15H21N3O2S. The zero-order chi connectivity index (χ0) is 15.2. The van der Waals surface area contributed by atoms with Crippen LogP contribution in [0.1, 0.15) is 40.3 Å². The summed E-state index contributed by atoms with van der Waals surface area (Å²) in [7, 11) is 0. The second kappa shape index (κ2) is 5.16. The van der Waals surface area contributed by atoms with Gasteiger partial charge in [0.15, 0.2) is 11.4 Å². The Morgan fingerprint density at radius 1 is 1.52 bits per heavy atom. The molecule has 1 aliphatic heterocycles. The summed E-state index contributed by atoms with van der Waals surface area (Å²) < 4.78 is 7.61. The summed E-state index contributed by atoms with van der Waals surface area (Å²) in [6.07, 6.45) is 4.38. The number of hydrogen-bond acceptors (Lipinski definition) is 5. The number of thioether (sulfide) groups is 1. The van der Waals surface area contributed by atoms with Crippen molar-refractivity contribution < 1.29 is 9.53 Å². The van der Waals surface area contributed by atoms with E-state index in [-0.39, 0.29) is 29.4 Å². The Hall–Kier alpha value is -1.30. The van der Waals surface area contributed by atoms with Crippen LogP contribution < -0.4 is 0 Å². The molecule has 0 spiro atoms. The first kappa shape index (κ1) is 14.6. The van der Waals surface area contributed by atoms with Crippen LogP contribution in [0, 0.1) is 17.3 Å². The Balaban J connectivity index is 1.70. The topological polar surface area (TPSA) is 57.0 Å². The van der Waals surface area contributed by atoms with E-state index in [1.807, 2.05) is 4.57 Å². The lowest BCUT2D eigenvalue weighted by atomic mass is 10.1. The molecule has 3 rings (SSSR count). The van der Waals surface area contributed by atoms with Gasteiger partial charge in [-0.2, -0.15) is 0 Å². The van der Waals surface area contributed by atoms with Crippen molar-refractivity contribution in [2.75, 3.05) is 5.75 Å². The molecule has 3 atom stereocenters. The molecule has 0 amide bonds. The molecule has 1 aromatic heterocycles. The number of rotatable bonds is 3. The maximum Gasteiger partial charge on any atom is 0.312 e. The first-order valence-electron chi connectivity index (χ1n) is 7.29. The quantitative estimate of drug-likeness (QED) is 0.634. The maximum atomic E-state index is 12.5. The molecule has 21 heavy (non-hydrogen) atoms. The van der Waals surface area contributed by atoms with Crippen molar-refractivity contribution >= 4 is 17.7 Å². The van der Waals surface area contributed by atoms with E-state index >= 15 is 0 Å². The van der Waals surface area contributed by atoms with Crippen molar-refractivity contribution in [2.45, 2.75) is 45.5 Å². The molecule has 5 nitrogen and oxygen atoms in total. The predicted octanol–water partition coefficient (Wildman–Crippen LogP) is 3.05. The van der Waals surface area contributed by atoms with E-state index in [1.54, 1.807) is 18.1 Å². The number of esters is 1. The van der Waals surface area contributed by atoms with Gasteiger partial charge >= 0.3 is 5.97 Å². The zero-order valence-electron chi connectivity index (χ0n) is 12.9. The summed E-state index contributed by atoms with van der Waals surface area (Å²) in [4.78, 5) is 12.5. The molecule has 2 aliphatic rings. The van der Waals surface area contributed by atoms with E-state index in [1.165, 1.54) is 5.57 Å². The smallest absolute Gasteiger partial charge is 0.312 e. The Bertz CT molecular complexity index is 589. The fourth-order valence-electron chi connectivity index (χ4n) is 3.04. The zero-order valence-corrected chi connectivity index (χ0v) is 13.7. The first-order chi connectivity index (χ1) is 9.91. The van der Waals surface area contributed by atoms with E-state index in [2.05, 4.69) is 44.0 Å². The minimum Gasteiger partial charge on any atom is -0.441 e. The number of nitrogens with zero attached hydrogens (tertiary/aromatic N) is 3. The highest BCUT2D eigenvalue weighted by atomic mass is 32.2. The van der Waals surface area contributed by atoms with Gasteiger partial charge < -0.3 is 4.74 Å². The second-order valence-corrected chi connectivity index (χ2v) is 7.68. The molecule has 1 saturated carbocycles. The van der Waals surface area contributed by atoms with Gasteiger partial charge in [0.25, 0.3) is 0 Å². The molecule has 1 aliphatic carbocycles. The molecule has 0 saturated heterocycles. The lowest BCUT2D eigenvalue weighted by Gasteiger charge is -2.23. The molecule has 1 aromatic rings. The van der Waals surface area contributed by atoms with Crippen LogP contribution in [0.3, 0.4) is 0 Å². The third-order valence-electron chi connectivity index (χ3n) is 4.38. The van der Waals surface area contributed by atoms with E-state index in [0.29, 0.717) is 0 Å². The molecule has 0 N–H and O–H groups in total. The monoisotopic (exact) mass is 307 g/mol. The number of hydrogen-bond donors (Lipinski definition) is 0. The number of carbonyl (C=O) groups is 1. The van der Waals surface area contributed by atoms with Crippen LogP contribution in [-0.4, -0.2) is 26.5 Å². The van der Waals surface area contributed by atoms with E-state index in [0.717, 1.165) is 17.3 Å². The van der Waals surface area contributed by atoms with E-state index in [9.17, 15) is 4.79 Å². The number of carbonyl (C=O) groups excluding carboxylic acids is 1. The Labute approximate surface area is 129 Å². The van der Waals surface area contributed by atoms with Crippen molar-refractivity contribution in [2.24, 2.45) is 17.3 Å². The normalized spacial score (nSPS) is 29.4. The summed E-state index contributed by atoms with van der Waals surface area (Å²) in [6, 6.07) is 0. The molecule has 3 unspecified atom stereocenters. The standard InChI is InChI=1S/C15H21N3O2S/c1-9(2)7-10-12(15(10,3)4)13(19)20-11-5-6-21-14-17-16-8-18(11)14/h7-8,10-12H,5-6H2,1-4H3. The Morgan fingerprint density at radius 2 is 2.29 bits per heavy atom. The second-order valence-electron chi connectivity index (χ2n) is 6.62. The number of ether oxygens (including phenoxy) is 1. The third-order valence-corrected chi connectivity index (χ3v) is 5.37. The Kier molecular flexibility index (Phi) is 3.59. The van der Waals surface area contributed by atoms with Gasteiger partial charge in [0.05, 0.1) is 5.92 Å². The molecule has 6 heteroatoms. The van der Waals surface area contributed by atoms with E-state index in [4.69, 9.17) is 4.74 Å². The lowest BCUT2D eigenvalue weighted by Crippen LogP contribution is -2.23. The van der Waals surface area contributed by atoms with Crippen molar-refractivity contribution in [1.29, 1.82) is 0 Å². The molecule has 1 fully saturated rings. The lowest BCUT2D eigenvalue weighted by molar-refractivity contribution is -0.157. The van der Waals surface area contributed by atoms with Crippen molar-refractivity contribution in [3.63, 3.8) is 0 Å². The minimum absolute atomic E-state index is 0.00616. The average Bonchev–Trinajstić information content (AvgIpc) is 2.77. The van der Waals surface area contributed by atoms with Crippen molar-refractivity contribution in [3.05, 3.63) is 18.0 Å². The summed E-state index contributed by atoms with van der Waals surface area (Å²) in [6.45, 7) is 8.39. The molecular weight excluding hydrogens is 286 g/mol. The molecule has 0 bridgehead atoms. The number of aromatic nitrogens is 3. The summed E-state index contributed by atoms with van der Waals surface area (Å²) in [5.74, 6) is 1.05. The number of fused-ring (bicyclic) bond motifs is 1. The summed E-state index contributed by atoms with van der Waals surface area (Å²) in [5, 5.41) is 8.76. The van der Waals surface area contributed by atoms with Crippen molar-refractivity contribution in [1.82, 2.24) is 14.8 Å². The van der Waals surface area contributed by atoms with Crippen LogP contribution in [0.15, 0.2) is 23.1 Å². The van der Waals surface area contributed by atoms with Crippen LogP contribution in [0.4, 0.5) is 0 Å². The van der Waals surface area contributed by atoms with Crippen LogP contribution in [0.2, 0.25) is 0 Å². The molecule has 2 heterocycles. The highest BCUT2D eigenvalue weighted by Gasteiger charge is 2.61. The summed E-state index contributed by atoms with van der Waals surface area (Å²) in [5.41, 5.74) is 1.24. The van der Waals surface area contributed by atoms with Gasteiger partial charge in [-0.25, -0.2) is 0 Å². The van der Waals surface area contributed by atoms with E-state index < -0.39 is 0 Å². The van der Waals surface area contributed by atoms with Gasteiger partial charge in [-0.3, -0.25) is 9.36 Å². The fraction of sp³-hybridized carbons (Fsp3) is 0.667. The van der Waals surface area contributed by atoms with Gasteiger partial charge in [0.1, 0.15) is 6.33 Å². The largest absolute Gasteiger partial charge is 0.441 e.